The average molecular weight is 554 g/mol. The second-order valence-corrected chi connectivity index (χ2v) is 7.78. The van der Waals surface area contributed by atoms with Crippen LogP contribution in [0.25, 0.3) is 0 Å². The number of halogens is 1. The molecule has 0 atom stereocenters. The minimum absolute atomic E-state index is 0. The zero-order valence-electron chi connectivity index (χ0n) is 18.8. The van der Waals surface area contributed by atoms with Crippen molar-refractivity contribution in [1.82, 2.24) is 10.6 Å². The number of nitrogens with one attached hydrogen (secondary N) is 3. The van der Waals surface area contributed by atoms with Crippen LogP contribution in [0.1, 0.15) is 50.4 Å². The summed E-state index contributed by atoms with van der Waals surface area (Å²) in [7, 11) is 0. The second-order valence-electron chi connectivity index (χ2n) is 7.78. The van der Waals surface area contributed by atoms with Gasteiger partial charge < -0.3 is 25.1 Å². The molecular formula is C24H35IN4O3. The molecular weight excluding hydrogens is 519 g/mol. The third-order valence-electron chi connectivity index (χ3n) is 5.27. The largest absolute Gasteiger partial charge is 0.467 e. The first-order valence-electron chi connectivity index (χ1n) is 11.3. The minimum Gasteiger partial charge on any atom is -0.467 e. The highest BCUT2D eigenvalue weighted by Gasteiger charge is 2.22. The van der Waals surface area contributed by atoms with Gasteiger partial charge in [-0.25, -0.2) is 4.99 Å². The smallest absolute Gasteiger partial charge is 0.227 e. The predicted octanol–water partition coefficient (Wildman–Crippen LogP) is 4.69. The maximum absolute atomic E-state index is 12.4. The minimum atomic E-state index is 0. The van der Waals surface area contributed by atoms with E-state index in [-0.39, 0.29) is 35.8 Å². The molecule has 1 aromatic carbocycles. The Kier molecular flexibility index (Phi) is 12.2. The molecule has 0 unspecified atom stereocenters. The van der Waals surface area contributed by atoms with Gasteiger partial charge in [-0.1, -0.05) is 25.0 Å². The van der Waals surface area contributed by atoms with Gasteiger partial charge in [-0.3, -0.25) is 4.79 Å². The topological polar surface area (TPSA) is 87.9 Å². The van der Waals surface area contributed by atoms with Crippen LogP contribution in [0.4, 0.5) is 5.69 Å². The van der Waals surface area contributed by atoms with Crippen molar-refractivity contribution in [3.05, 3.63) is 54.0 Å². The van der Waals surface area contributed by atoms with Gasteiger partial charge in [0, 0.05) is 31.3 Å². The number of benzene rings is 1. The summed E-state index contributed by atoms with van der Waals surface area (Å²) in [5.74, 6) is 1.91. The van der Waals surface area contributed by atoms with Crippen LogP contribution in [0, 0.1) is 5.92 Å². The second kappa shape index (κ2) is 14.9. The number of hydrogen-bond donors (Lipinski definition) is 3. The van der Waals surface area contributed by atoms with Gasteiger partial charge in [-0.05, 0) is 56.0 Å². The van der Waals surface area contributed by atoms with Gasteiger partial charge in [0.1, 0.15) is 12.4 Å². The normalized spacial score (nSPS) is 14.1. The predicted molar refractivity (Wildman–Crippen MR) is 138 cm³/mol. The molecule has 0 bridgehead atoms. The third-order valence-corrected chi connectivity index (χ3v) is 5.27. The average Bonchev–Trinajstić information content (AvgIpc) is 3.49. The van der Waals surface area contributed by atoms with Gasteiger partial charge in [-0.15, -0.1) is 24.0 Å². The van der Waals surface area contributed by atoms with E-state index in [1.54, 1.807) is 6.26 Å². The van der Waals surface area contributed by atoms with Crippen molar-refractivity contribution in [3.63, 3.8) is 0 Å². The Morgan fingerprint density at radius 1 is 1.19 bits per heavy atom. The van der Waals surface area contributed by atoms with E-state index >= 15 is 0 Å². The van der Waals surface area contributed by atoms with E-state index in [4.69, 9.17) is 9.15 Å². The molecule has 0 aliphatic heterocycles. The number of hydrogen-bond acceptors (Lipinski definition) is 4. The molecule has 0 spiro atoms. The molecule has 1 heterocycles. The maximum Gasteiger partial charge on any atom is 0.227 e. The van der Waals surface area contributed by atoms with Crippen molar-refractivity contribution in [1.29, 1.82) is 0 Å². The zero-order valence-corrected chi connectivity index (χ0v) is 21.1. The zero-order chi connectivity index (χ0) is 21.7. The molecule has 0 radical (unpaired) electrons. The molecule has 176 valence electrons. The van der Waals surface area contributed by atoms with Crippen molar-refractivity contribution in [2.24, 2.45) is 10.9 Å². The fraction of sp³-hybridized carbons (Fsp3) is 0.500. The molecule has 1 saturated carbocycles. The Balaban J connectivity index is 0.00000363. The maximum atomic E-state index is 12.4. The monoisotopic (exact) mass is 554 g/mol. The number of carbonyl (C=O) groups is 1. The number of amides is 1. The van der Waals surface area contributed by atoms with Crippen LogP contribution in [0.5, 0.6) is 0 Å². The van der Waals surface area contributed by atoms with E-state index in [0.717, 1.165) is 68.2 Å². The Bertz CT molecular complexity index is 820. The summed E-state index contributed by atoms with van der Waals surface area (Å²) in [6.07, 6.45) is 6.83. The molecule has 32 heavy (non-hydrogen) atoms. The Labute approximate surface area is 207 Å². The van der Waals surface area contributed by atoms with Crippen molar-refractivity contribution in [2.45, 2.75) is 52.2 Å². The lowest BCUT2D eigenvalue weighted by atomic mass is 10.1. The lowest BCUT2D eigenvalue weighted by molar-refractivity contribution is -0.119. The molecule has 1 amide bonds. The Hall–Kier alpha value is -2.07. The highest BCUT2D eigenvalue weighted by atomic mass is 127. The van der Waals surface area contributed by atoms with Crippen molar-refractivity contribution in [2.75, 3.05) is 25.0 Å². The lowest BCUT2D eigenvalue weighted by Gasteiger charge is -2.12. The number of nitrogens with zero attached hydrogens (tertiary/aromatic N) is 1. The van der Waals surface area contributed by atoms with Crippen molar-refractivity contribution >= 4 is 41.5 Å². The van der Waals surface area contributed by atoms with Crippen LogP contribution in [-0.4, -0.2) is 31.6 Å². The summed E-state index contributed by atoms with van der Waals surface area (Å²) in [6, 6.07) is 11.7. The number of aliphatic imine (C=N–C) groups is 1. The molecule has 1 aliphatic rings. The molecule has 1 aromatic heterocycles. The van der Waals surface area contributed by atoms with E-state index in [2.05, 4.69) is 20.9 Å². The SMILES string of the molecule is CCNC(=NCc1cccc(NC(=O)C2CCCC2)c1)NCCCOCc1ccco1.I. The van der Waals surface area contributed by atoms with Gasteiger partial charge in [0.25, 0.3) is 0 Å². The quantitative estimate of drug-likeness (QED) is 0.162. The van der Waals surface area contributed by atoms with E-state index in [0.29, 0.717) is 19.8 Å². The molecule has 2 aromatic rings. The summed E-state index contributed by atoms with van der Waals surface area (Å²) in [6.45, 7) is 5.28. The van der Waals surface area contributed by atoms with Crippen LogP contribution in [0.15, 0.2) is 52.1 Å². The summed E-state index contributed by atoms with van der Waals surface area (Å²) in [5, 5.41) is 9.66. The lowest BCUT2D eigenvalue weighted by Crippen LogP contribution is -2.38. The standard InChI is InChI=1S/C24H34N4O3.HI/c1-2-25-24(26-13-7-14-30-18-22-12-6-15-31-22)27-17-19-8-5-11-21(16-19)28-23(29)20-9-3-4-10-20;/h5-6,8,11-12,15-16,20H,2-4,7,9-10,13-14,17-18H2,1H3,(H,28,29)(H2,25,26,27);1H. The first kappa shape index (κ1) is 26.2. The van der Waals surface area contributed by atoms with Gasteiger partial charge in [0.2, 0.25) is 5.91 Å². The van der Waals surface area contributed by atoms with E-state index < -0.39 is 0 Å². The van der Waals surface area contributed by atoms with Crippen LogP contribution in [-0.2, 0) is 22.7 Å². The molecule has 1 aliphatic carbocycles. The molecule has 8 heteroatoms. The summed E-state index contributed by atoms with van der Waals surface area (Å²) < 4.78 is 10.8. The van der Waals surface area contributed by atoms with Crippen molar-refractivity contribution < 1.29 is 13.9 Å². The van der Waals surface area contributed by atoms with Crippen LogP contribution >= 0.6 is 24.0 Å². The van der Waals surface area contributed by atoms with E-state index in [1.165, 1.54) is 0 Å². The molecule has 1 fully saturated rings. The molecule has 3 N–H and O–H groups in total. The summed E-state index contributed by atoms with van der Waals surface area (Å²) in [4.78, 5) is 17.0. The van der Waals surface area contributed by atoms with Gasteiger partial charge >= 0.3 is 0 Å². The number of guanidine groups is 1. The third kappa shape index (κ3) is 9.20. The highest BCUT2D eigenvalue weighted by Crippen LogP contribution is 2.26. The van der Waals surface area contributed by atoms with Crippen LogP contribution < -0.4 is 16.0 Å². The number of ether oxygens (including phenoxy) is 1. The fourth-order valence-electron chi connectivity index (χ4n) is 3.64. The number of furan rings is 1. The van der Waals surface area contributed by atoms with E-state index in [1.807, 2.05) is 43.3 Å². The summed E-state index contributed by atoms with van der Waals surface area (Å²) in [5.41, 5.74) is 1.90. The first-order valence-corrected chi connectivity index (χ1v) is 11.3. The van der Waals surface area contributed by atoms with Crippen LogP contribution in [0.3, 0.4) is 0 Å². The van der Waals surface area contributed by atoms with Crippen molar-refractivity contribution in [3.8, 4) is 0 Å². The molecule has 3 rings (SSSR count). The fourth-order valence-corrected chi connectivity index (χ4v) is 3.64. The van der Waals surface area contributed by atoms with Gasteiger partial charge in [0.15, 0.2) is 5.96 Å². The molecule has 7 nitrogen and oxygen atoms in total. The van der Waals surface area contributed by atoms with Gasteiger partial charge in [0.05, 0.1) is 12.8 Å². The van der Waals surface area contributed by atoms with E-state index in [9.17, 15) is 4.79 Å². The van der Waals surface area contributed by atoms with Gasteiger partial charge in [-0.2, -0.15) is 0 Å². The highest BCUT2D eigenvalue weighted by molar-refractivity contribution is 14.0. The first-order chi connectivity index (χ1) is 15.2. The number of anilines is 1. The number of carbonyl (C=O) groups excluding carboxylic acids is 1. The van der Waals surface area contributed by atoms with Crippen LogP contribution in [0.2, 0.25) is 0 Å². The number of rotatable bonds is 11. The Morgan fingerprint density at radius 3 is 2.78 bits per heavy atom. The molecule has 0 saturated heterocycles. The Morgan fingerprint density at radius 2 is 2.03 bits per heavy atom. The summed E-state index contributed by atoms with van der Waals surface area (Å²) >= 11 is 0.